The number of hydrogen-bond donors (Lipinski definition) is 2. The number of benzene rings is 1. The number of sulfonamides is 1. The van der Waals surface area contributed by atoms with Gasteiger partial charge in [0.1, 0.15) is 0 Å². The van der Waals surface area contributed by atoms with Crippen LogP contribution in [0.25, 0.3) is 0 Å². The van der Waals surface area contributed by atoms with Gasteiger partial charge in [-0.2, -0.15) is 4.72 Å². The minimum Gasteiger partial charge on any atom is -0.358 e. The number of hydrogen-bond acceptors (Lipinski definition) is 3. The van der Waals surface area contributed by atoms with Crippen LogP contribution in [0.1, 0.15) is 6.92 Å². The molecule has 2 N–H and O–H groups in total. The molecule has 5 nitrogen and oxygen atoms in total. The Balaban J connectivity index is 2.98. The third kappa shape index (κ3) is 3.52. The maximum absolute atomic E-state index is 12.0. The van der Waals surface area contributed by atoms with Crippen molar-refractivity contribution in [1.29, 1.82) is 0 Å². The highest BCUT2D eigenvalue weighted by Gasteiger charge is 2.22. The van der Waals surface area contributed by atoms with E-state index in [1.165, 1.54) is 20.0 Å². The second-order valence-corrected chi connectivity index (χ2v) is 5.92. The highest BCUT2D eigenvalue weighted by Crippen LogP contribution is 2.20. The van der Waals surface area contributed by atoms with Crippen LogP contribution in [-0.4, -0.2) is 27.4 Å². The zero-order chi connectivity index (χ0) is 13.1. The number of halogens is 1. The molecule has 94 valence electrons. The van der Waals surface area contributed by atoms with Crippen molar-refractivity contribution in [1.82, 2.24) is 10.0 Å². The van der Waals surface area contributed by atoms with Crippen LogP contribution in [0.2, 0.25) is 0 Å². The standard InChI is InChI=1S/C10H13BrN2O3S/c1-7(10(14)12-2)13-17(15,16)9-6-4-3-5-8(9)11/h3-7,13H,1-2H3,(H,12,14). The Morgan fingerprint density at radius 3 is 2.47 bits per heavy atom. The lowest BCUT2D eigenvalue weighted by Gasteiger charge is -2.13. The summed E-state index contributed by atoms with van der Waals surface area (Å²) in [6.07, 6.45) is 0. The lowest BCUT2D eigenvalue weighted by Crippen LogP contribution is -2.43. The monoisotopic (exact) mass is 320 g/mol. The first-order chi connectivity index (χ1) is 7.88. The van der Waals surface area contributed by atoms with E-state index in [0.717, 1.165) is 0 Å². The van der Waals surface area contributed by atoms with Crippen molar-refractivity contribution in [2.45, 2.75) is 17.9 Å². The second-order valence-electron chi connectivity index (χ2n) is 3.39. The van der Waals surface area contributed by atoms with Gasteiger partial charge in [-0.25, -0.2) is 8.42 Å². The number of rotatable bonds is 4. The predicted octanol–water partition coefficient (Wildman–Crippen LogP) is 0.862. The summed E-state index contributed by atoms with van der Waals surface area (Å²) in [6.45, 7) is 1.48. The molecule has 0 bridgehead atoms. The molecular weight excluding hydrogens is 308 g/mol. The van der Waals surface area contributed by atoms with Crippen LogP contribution in [-0.2, 0) is 14.8 Å². The van der Waals surface area contributed by atoms with Gasteiger partial charge in [-0.3, -0.25) is 4.79 Å². The van der Waals surface area contributed by atoms with Crippen LogP contribution in [0.3, 0.4) is 0 Å². The largest absolute Gasteiger partial charge is 0.358 e. The summed E-state index contributed by atoms with van der Waals surface area (Å²) in [5, 5.41) is 2.38. The van der Waals surface area contributed by atoms with E-state index in [1.807, 2.05) is 0 Å². The molecule has 17 heavy (non-hydrogen) atoms. The molecule has 0 aliphatic carbocycles. The van der Waals surface area contributed by atoms with Crippen molar-refractivity contribution in [3.05, 3.63) is 28.7 Å². The minimum atomic E-state index is -3.70. The number of likely N-dealkylation sites (N-methyl/N-ethyl adjacent to an activating group) is 1. The van der Waals surface area contributed by atoms with Crippen molar-refractivity contribution < 1.29 is 13.2 Å². The second kappa shape index (κ2) is 5.61. The smallest absolute Gasteiger partial charge is 0.242 e. The van der Waals surface area contributed by atoms with Gasteiger partial charge >= 0.3 is 0 Å². The van der Waals surface area contributed by atoms with Gasteiger partial charge in [0.25, 0.3) is 0 Å². The molecule has 0 fully saturated rings. The van der Waals surface area contributed by atoms with E-state index >= 15 is 0 Å². The van der Waals surface area contributed by atoms with E-state index < -0.39 is 16.1 Å². The molecule has 0 aromatic heterocycles. The molecule has 1 unspecified atom stereocenters. The fourth-order valence-electron chi connectivity index (χ4n) is 1.23. The Kier molecular flexibility index (Phi) is 4.67. The summed E-state index contributed by atoms with van der Waals surface area (Å²) in [5.41, 5.74) is 0. The normalized spacial score (nSPS) is 13.1. The van der Waals surface area contributed by atoms with Crippen molar-refractivity contribution in [2.75, 3.05) is 7.05 Å². The van der Waals surface area contributed by atoms with Gasteiger partial charge in [0.05, 0.1) is 10.9 Å². The Hall–Kier alpha value is -0.920. The van der Waals surface area contributed by atoms with E-state index in [0.29, 0.717) is 4.47 Å². The van der Waals surface area contributed by atoms with Gasteiger partial charge < -0.3 is 5.32 Å². The average Bonchev–Trinajstić information content (AvgIpc) is 2.27. The zero-order valence-corrected chi connectivity index (χ0v) is 11.8. The Morgan fingerprint density at radius 2 is 1.94 bits per heavy atom. The molecule has 0 spiro atoms. The third-order valence-corrected chi connectivity index (χ3v) is 4.65. The average molecular weight is 321 g/mol. The third-order valence-electron chi connectivity index (χ3n) is 2.10. The zero-order valence-electron chi connectivity index (χ0n) is 9.40. The number of nitrogens with one attached hydrogen (secondary N) is 2. The van der Waals surface area contributed by atoms with Crippen molar-refractivity contribution in [3.63, 3.8) is 0 Å². The van der Waals surface area contributed by atoms with Gasteiger partial charge in [0.2, 0.25) is 15.9 Å². The molecule has 0 heterocycles. The van der Waals surface area contributed by atoms with E-state index in [2.05, 4.69) is 26.0 Å². The first-order valence-corrected chi connectivity index (χ1v) is 7.14. The number of carbonyl (C=O) groups excluding carboxylic acids is 1. The summed E-state index contributed by atoms with van der Waals surface area (Å²) in [6, 6.07) is 5.59. The molecule has 0 aliphatic rings. The van der Waals surface area contributed by atoms with Crippen molar-refractivity contribution >= 4 is 31.9 Å². The summed E-state index contributed by atoms with van der Waals surface area (Å²) in [5.74, 6) is -0.388. The molecular formula is C10H13BrN2O3S. The minimum absolute atomic E-state index is 0.107. The predicted molar refractivity (Wildman–Crippen MR) is 68.0 cm³/mol. The van der Waals surface area contributed by atoms with Gasteiger partial charge in [-0.15, -0.1) is 0 Å². The molecule has 7 heteroatoms. The highest BCUT2D eigenvalue weighted by atomic mass is 79.9. The van der Waals surface area contributed by atoms with Crippen LogP contribution in [0.5, 0.6) is 0 Å². The van der Waals surface area contributed by atoms with Crippen LogP contribution >= 0.6 is 15.9 Å². The molecule has 0 aliphatic heterocycles. The van der Waals surface area contributed by atoms with Gasteiger partial charge in [0, 0.05) is 11.5 Å². The maximum atomic E-state index is 12.0. The Bertz CT molecular complexity index is 516. The van der Waals surface area contributed by atoms with E-state index in [1.54, 1.807) is 18.2 Å². The highest BCUT2D eigenvalue weighted by molar-refractivity contribution is 9.10. The first kappa shape index (κ1) is 14.1. The Morgan fingerprint density at radius 1 is 1.35 bits per heavy atom. The molecule has 0 radical (unpaired) electrons. The van der Waals surface area contributed by atoms with Crippen LogP contribution in [0.4, 0.5) is 0 Å². The van der Waals surface area contributed by atoms with E-state index in [9.17, 15) is 13.2 Å². The van der Waals surface area contributed by atoms with Crippen molar-refractivity contribution in [3.8, 4) is 0 Å². The molecule has 1 amide bonds. The topological polar surface area (TPSA) is 75.3 Å². The molecule has 1 aromatic rings. The summed E-state index contributed by atoms with van der Waals surface area (Å²) in [7, 11) is -2.25. The summed E-state index contributed by atoms with van der Waals surface area (Å²) < 4.78 is 26.7. The first-order valence-electron chi connectivity index (χ1n) is 4.87. The maximum Gasteiger partial charge on any atom is 0.242 e. The SMILES string of the molecule is CNC(=O)C(C)NS(=O)(=O)c1ccccc1Br. The molecule has 0 saturated carbocycles. The molecule has 1 rings (SSSR count). The molecule has 1 atom stereocenters. The Labute approximate surface area is 109 Å². The van der Waals surface area contributed by atoms with Crippen LogP contribution in [0, 0.1) is 0 Å². The van der Waals surface area contributed by atoms with Crippen LogP contribution in [0.15, 0.2) is 33.6 Å². The van der Waals surface area contributed by atoms with Gasteiger partial charge in [-0.05, 0) is 35.0 Å². The van der Waals surface area contributed by atoms with Crippen molar-refractivity contribution in [2.24, 2.45) is 0 Å². The molecule has 0 saturated heterocycles. The lowest BCUT2D eigenvalue weighted by molar-refractivity contribution is -0.121. The summed E-state index contributed by atoms with van der Waals surface area (Å²) in [4.78, 5) is 11.4. The van der Waals surface area contributed by atoms with Gasteiger partial charge in [-0.1, -0.05) is 12.1 Å². The number of carbonyl (C=O) groups is 1. The van der Waals surface area contributed by atoms with E-state index in [4.69, 9.17) is 0 Å². The van der Waals surface area contributed by atoms with Gasteiger partial charge in [0.15, 0.2) is 0 Å². The number of amides is 1. The fraction of sp³-hybridized carbons (Fsp3) is 0.300. The lowest BCUT2D eigenvalue weighted by atomic mass is 10.3. The van der Waals surface area contributed by atoms with Crippen LogP contribution < -0.4 is 10.0 Å². The summed E-state index contributed by atoms with van der Waals surface area (Å²) >= 11 is 3.16. The quantitative estimate of drug-likeness (QED) is 0.864. The fourth-order valence-corrected chi connectivity index (χ4v) is 3.43. The molecule has 1 aromatic carbocycles. The van der Waals surface area contributed by atoms with E-state index in [-0.39, 0.29) is 10.8 Å².